The zero-order chi connectivity index (χ0) is 20.5. The molecule has 3 aromatic rings. The van der Waals surface area contributed by atoms with E-state index in [4.69, 9.17) is 15.9 Å². The van der Waals surface area contributed by atoms with Crippen LogP contribution in [-0.2, 0) is 9.53 Å². The van der Waals surface area contributed by atoms with Gasteiger partial charge in [0.2, 0.25) is 5.91 Å². The highest BCUT2D eigenvalue weighted by Crippen LogP contribution is 2.33. The third-order valence-electron chi connectivity index (χ3n) is 5.28. The Labute approximate surface area is 172 Å². The molecular formula is C20H24N6O2S. The molecule has 1 atom stereocenters. The van der Waals surface area contributed by atoms with Crippen LogP contribution in [0.25, 0.3) is 10.2 Å². The molecule has 29 heavy (non-hydrogen) atoms. The van der Waals surface area contributed by atoms with Crippen LogP contribution in [-0.4, -0.2) is 65.9 Å². The number of nitrogens with two attached hydrogens (primary N) is 1. The molecule has 0 aromatic carbocycles. The van der Waals surface area contributed by atoms with Crippen LogP contribution in [0.15, 0.2) is 30.5 Å². The summed E-state index contributed by atoms with van der Waals surface area (Å²) in [6.45, 7) is 4.82. The molecule has 0 saturated carbocycles. The van der Waals surface area contributed by atoms with Gasteiger partial charge >= 0.3 is 0 Å². The molecule has 8 nitrogen and oxygen atoms in total. The van der Waals surface area contributed by atoms with Gasteiger partial charge in [-0.2, -0.15) is 0 Å². The first-order chi connectivity index (χ1) is 14.0. The number of nitrogens with zero attached hydrogens (tertiary/aromatic N) is 3. The molecule has 1 aliphatic heterocycles. The SMILES string of the molecule is C[C@@H](C(=O)N(C)c1cc2[nH]c(C(=N)c3cccnc3N)cc2s1)N1CCOCC1. The van der Waals surface area contributed by atoms with Gasteiger partial charge in [-0.1, -0.05) is 0 Å². The van der Waals surface area contributed by atoms with Crippen molar-refractivity contribution in [3.05, 3.63) is 41.7 Å². The zero-order valence-electron chi connectivity index (χ0n) is 16.4. The lowest BCUT2D eigenvalue weighted by Crippen LogP contribution is -2.50. The highest BCUT2D eigenvalue weighted by atomic mass is 32.1. The number of fused-ring (bicyclic) bond motifs is 1. The molecule has 4 heterocycles. The first-order valence-corrected chi connectivity index (χ1v) is 10.3. The summed E-state index contributed by atoms with van der Waals surface area (Å²) >= 11 is 1.52. The molecule has 1 fully saturated rings. The summed E-state index contributed by atoms with van der Waals surface area (Å²) in [6, 6.07) is 7.22. The first kappa shape index (κ1) is 19.6. The van der Waals surface area contributed by atoms with Gasteiger partial charge in [0.15, 0.2) is 0 Å². The van der Waals surface area contributed by atoms with Gasteiger partial charge in [-0.15, -0.1) is 11.3 Å². The molecule has 1 aliphatic rings. The zero-order valence-corrected chi connectivity index (χ0v) is 17.3. The van der Waals surface area contributed by atoms with Crippen molar-refractivity contribution in [3.8, 4) is 0 Å². The number of anilines is 2. The highest BCUT2D eigenvalue weighted by molar-refractivity contribution is 7.23. The summed E-state index contributed by atoms with van der Waals surface area (Å²) in [4.78, 5) is 24.1. The van der Waals surface area contributed by atoms with Gasteiger partial charge in [0.05, 0.1) is 40.9 Å². The van der Waals surface area contributed by atoms with Gasteiger partial charge in [-0.3, -0.25) is 15.1 Å². The molecule has 9 heteroatoms. The second-order valence-corrected chi connectivity index (χ2v) is 8.14. The lowest BCUT2D eigenvalue weighted by atomic mass is 10.1. The number of ether oxygens (including phenoxy) is 1. The number of hydrogen-bond acceptors (Lipinski definition) is 7. The molecule has 0 bridgehead atoms. The van der Waals surface area contributed by atoms with Gasteiger partial charge in [0, 0.05) is 31.9 Å². The average Bonchev–Trinajstić information content (AvgIpc) is 3.32. The van der Waals surface area contributed by atoms with Crippen molar-refractivity contribution in [2.75, 3.05) is 44.0 Å². The van der Waals surface area contributed by atoms with Crippen LogP contribution < -0.4 is 10.6 Å². The topological polar surface area (TPSA) is 111 Å². The minimum Gasteiger partial charge on any atom is -0.383 e. The summed E-state index contributed by atoms with van der Waals surface area (Å²) in [5, 5.41) is 9.30. The number of hydrogen-bond donors (Lipinski definition) is 3. The number of pyridine rings is 1. The van der Waals surface area contributed by atoms with E-state index >= 15 is 0 Å². The number of thiophene rings is 1. The van der Waals surface area contributed by atoms with Crippen molar-refractivity contribution < 1.29 is 9.53 Å². The third-order valence-corrected chi connectivity index (χ3v) is 6.44. The molecule has 0 radical (unpaired) electrons. The van der Waals surface area contributed by atoms with Gasteiger partial charge < -0.3 is 20.4 Å². The minimum atomic E-state index is -0.193. The predicted molar refractivity (Wildman–Crippen MR) is 116 cm³/mol. The maximum Gasteiger partial charge on any atom is 0.244 e. The van der Waals surface area contributed by atoms with Crippen LogP contribution in [0.4, 0.5) is 10.8 Å². The van der Waals surface area contributed by atoms with Crippen LogP contribution in [0.2, 0.25) is 0 Å². The Morgan fingerprint density at radius 1 is 1.41 bits per heavy atom. The predicted octanol–water partition coefficient (Wildman–Crippen LogP) is 2.31. The number of morpholine rings is 1. The molecule has 0 aliphatic carbocycles. The maximum atomic E-state index is 12.9. The standard InChI is InChI=1S/C20H24N6O2S/c1-12(26-6-8-28-9-7-26)20(27)25(2)17-11-14-16(29-17)10-15(24-14)18(21)13-4-3-5-23-19(13)22/h3-5,10-12,21,24H,6-9H2,1-2H3,(H2,22,23)/t12-/m0/s1. The van der Waals surface area contributed by atoms with E-state index in [0.29, 0.717) is 36.0 Å². The van der Waals surface area contributed by atoms with Gasteiger partial charge in [0.25, 0.3) is 0 Å². The Kier molecular flexibility index (Phi) is 5.35. The monoisotopic (exact) mass is 412 g/mol. The number of nitrogen functional groups attached to an aromatic ring is 1. The van der Waals surface area contributed by atoms with E-state index in [1.807, 2.05) is 26.1 Å². The molecule has 1 saturated heterocycles. The second-order valence-electron chi connectivity index (χ2n) is 7.08. The maximum absolute atomic E-state index is 12.9. The number of carbonyl (C=O) groups is 1. The van der Waals surface area contributed by atoms with Crippen LogP contribution >= 0.6 is 11.3 Å². The van der Waals surface area contributed by atoms with Gasteiger partial charge in [-0.05, 0) is 31.2 Å². The van der Waals surface area contributed by atoms with Crippen LogP contribution in [0.5, 0.6) is 0 Å². The van der Waals surface area contributed by atoms with E-state index in [2.05, 4.69) is 14.9 Å². The number of aromatic nitrogens is 2. The Hall–Kier alpha value is -2.75. The van der Waals surface area contributed by atoms with Crippen molar-refractivity contribution in [2.45, 2.75) is 13.0 Å². The Bertz CT molecular complexity index is 1020. The van der Waals surface area contributed by atoms with Crippen molar-refractivity contribution in [3.63, 3.8) is 0 Å². The number of rotatable bonds is 5. The summed E-state index contributed by atoms with van der Waals surface area (Å²) in [6.07, 6.45) is 1.61. The fourth-order valence-electron chi connectivity index (χ4n) is 3.49. The van der Waals surface area contributed by atoms with Crippen LogP contribution in [0, 0.1) is 5.41 Å². The highest BCUT2D eigenvalue weighted by Gasteiger charge is 2.27. The Morgan fingerprint density at radius 3 is 2.86 bits per heavy atom. The lowest BCUT2D eigenvalue weighted by Gasteiger charge is -2.33. The van der Waals surface area contributed by atoms with E-state index in [1.165, 1.54) is 11.3 Å². The number of nitrogens with one attached hydrogen (secondary N) is 2. The summed E-state index contributed by atoms with van der Waals surface area (Å²) in [5.74, 6) is 0.394. The van der Waals surface area contributed by atoms with E-state index in [0.717, 1.165) is 28.3 Å². The molecule has 152 valence electrons. The molecule has 0 spiro atoms. The number of amides is 1. The van der Waals surface area contributed by atoms with E-state index in [-0.39, 0.29) is 11.9 Å². The molecular weight excluding hydrogens is 388 g/mol. The fourth-order valence-corrected chi connectivity index (χ4v) is 4.52. The lowest BCUT2D eigenvalue weighted by molar-refractivity contribution is -0.124. The smallest absolute Gasteiger partial charge is 0.244 e. The van der Waals surface area contributed by atoms with Crippen molar-refractivity contribution in [1.29, 1.82) is 5.41 Å². The summed E-state index contributed by atoms with van der Waals surface area (Å²) < 4.78 is 6.36. The first-order valence-electron chi connectivity index (χ1n) is 9.47. The molecule has 0 unspecified atom stereocenters. The molecule has 4 rings (SSSR count). The van der Waals surface area contributed by atoms with Crippen molar-refractivity contribution in [1.82, 2.24) is 14.9 Å². The Balaban J connectivity index is 1.52. The van der Waals surface area contributed by atoms with Crippen molar-refractivity contribution in [2.24, 2.45) is 0 Å². The summed E-state index contributed by atoms with van der Waals surface area (Å²) in [7, 11) is 1.81. The third kappa shape index (κ3) is 3.76. The normalized spacial score (nSPS) is 16.1. The van der Waals surface area contributed by atoms with E-state index in [1.54, 1.807) is 23.2 Å². The minimum absolute atomic E-state index is 0.0619. The molecule has 3 aromatic heterocycles. The number of likely N-dealkylation sites (N-methyl/N-ethyl adjacent to an activating group) is 1. The molecule has 4 N–H and O–H groups in total. The largest absolute Gasteiger partial charge is 0.383 e. The Morgan fingerprint density at radius 2 is 2.17 bits per heavy atom. The average molecular weight is 413 g/mol. The second kappa shape index (κ2) is 7.94. The quantitative estimate of drug-likeness (QED) is 0.557. The van der Waals surface area contributed by atoms with Crippen LogP contribution in [0.1, 0.15) is 18.2 Å². The molecule has 1 amide bonds. The van der Waals surface area contributed by atoms with E-state index < -0.39 is 0 Å². The van der Waals surface area contributed by atoms with Gasteiger partial charge in [-0.25, -0.2) is 4.98 Å². The number of H-pyrrole nitrogens is 1. The summed E-state index contributed by atoms with van der Waals surface area (Å²) in [5.41, 5.74) is 8.35. The number of carbonyl (C=O) groups excluding carboxylic acids is 1. The number of aromatic amines is 1. The fraction of sp³-hybridized carbons (Fsp3) is 0.350. The van der Waals surface area contributed by atoms with Crippen molar-refractivity contribution >= 4 is 44.0 Å². The van der Waals surface area contributed by atoms with Gasteiger partial charge in [0.1, 0.15) is 10.8 Å². The van der Waals surface area contributed by atoms with Crippen LogP contribution in [0.3, 0.4) is 0 Å². The van der Waals surface area contributed by atoms with E-state index in [9.17, 15) is 4.79 Å².